The molecular formula is C26H27NO2. The first-order valence-corrected chi connectivity index (χ1v) is 10.4. The van der Waals surface area contributed by atoms with E-state index in [-0.39, 0.29) is 11.9 Å². The maximum Gasteiger partial charge on any atom is 0.254 e. The molecule has 3 aromatic rings. The van der Waals surface area contributed by atoms with Crippen molar-refractivity contribution in [3.8, 4) is 5.75 Å². The first-order chi connectivity index (χ1) is 14.2. The quantitative estimate of drug-likeness (QED) is 0.553. The normalized spacial score (nSPS) is 13.4. The molecule has 1 atom stereocenters. The van der Waals surface area contributed by atoms with Crippen LogP contribution in [0.15, 0.2) is 78.9 Å². The highest BCUT2D eigenvalue weighted by Gasteiger charge is 2.23. The highest BCUT2D eigenvalue weighted by molar-refractivity contribution is 5.95. The number of ether oxygens (including phenoxy) is 1. The molecule has 148 valence electrons. The number of fused-ring (bicyclic) bond motifs is 1. The number of amides is 1. The lowest BCUT2D eigenvalue weighted by Gasteiger charge is -2.30. The van der Waals surface area contributed by atoms with Gasteiger partial charge in [0.1, 0.15) is 5.75 Å². The van der Waals surface area contributed by atoms with Crippen LogP contribution in [0.5, 0.6) is 5.75 Å². The van der Waals surface area contributed by atoms with Crippen molar-refractivity contribution in [1.29, 1.82) is 0 Å². The Kier molecular flexibility index (Phi) is 5.95. The summed E-state index contributed by atoms with van der Waals surface area (Å²) >= 11 is 0. The van der Waals surface area contributed by atoms with Gasteiger partial charge in [-0.1, -0.05) is 60.7 Å². The highest BCUT2D eigenvalue weighted by Crippen LogP contribution is 2.27. The summed E-state index contributed by atoms with van der Waals surface area (Å²) in [6.07, 6.45) is 2.76. The van der Waals surface area contributed by atoms with Crippen LogP contribution in [0.25, 0.3) is 0 Å². The number of benzene rings is 3. The van der Waals surface area contributed by atoms with Gasteiger partial charge in [-0.05, 0) is 54.7 Å². The van der Waals surface area contributed by atoms with Gasteiger partial charge in [-0.3, -0.25) is 4.79 Å². The number of aryl methyl sites for hydroxylation is 1. The molecule has 0 saturated carbocycles. The third-order valence-corrected chi connectivity index (χ3v) is 5.62. The number of nitrogens with zero attached hydrogens (tertiary/aromatic N) is 1. The van der Waals surface area contributed by atoms with E-state index in [1.165, 1.54) is 5.56 Å². The molecule has 1 aliphatic rings. The van der Waals surface area contributed by atoms with Gasteiger partial charge in [0.15, 0.2) is 0 Å². The second-order valence-corrected chi connectivity index (χ2v) is 7.71. The van der Waals surface area contributed by atoms with Crippen LogP contribution in [0.4, 0.5) is 0 Å². The van der Waals surface area contributed by atoms with Gasteiger partial charge < -0.3 is 9.64 Å². The molecule has 0 aromatic heterocycles. The van der Waals surface area contributed by atoms with E-state index in [2.05, 4.69) is 43.3 Å². The van der Waals surface area contributed by atoms with E-state index in [0.29, 0.717) is 13.2 Å². The lowest BCUT2D eigenvalue weighted by molar-refractivity contribution is 0.0667. The topological polar surface area (TPSA) is 29.5 Å². The number of hydrogen-bond acceptors (Lipinski definition) is 2. The van der Waals surface area contributed by atoms with Crippen LogP contribution >= 0.6 is 0 Å². The predicted octanol–water partition coefficient (Wildman–Crippen LogP) is 5.29. The van der Waals surface area contributed by atoms with E-state index in [1.807, 2.05) is 47.4 Å². The van der Waals surface area contributed by atoms with E-state index < -0.39 is 0 Å². The van der Waals surface area contributed by atoms with Gasteiger partial charge in [0.05, 0.1) is 6.61 Å². The van der Waals surface area contributed by atoms with Crippen molar-refractivity contribution in [2.45, 2.75) is 38.8 Å². The van der Waals surface area contributed by atoms with E-state index in [9.17, 15) is 4.79 Å². The molecular weight excluding hydrogens is 358 g/mol. The summed E-state index contributed by atoms with van der Waals surface area (Å²) in [4.78, 5) is 15.5. The summed E-state index contributed by atoms with van der Waals surface area (Å²) < 4.78 is 5.60. The molecule has 0 radical (unpaired) electrons. The van der Waals surface area contributed by atoms with Crippen LogP contribution in [0.1, 0.15) is 40.4 Å². The second kappa shape index (κ2) is 8.95. The summed E-state index contributed by atoms with van der Waals surface area (Å²) in [5, 5.41) is 0. The standard InChI is InChI=1S/C26H27NO2/c1-20(12-13-21-8-4-2-5-9-21)27(19-22-10-6-3-7-11-22)26(28)24-14-15-25-23(18-24)16-17-29-25/h2-11,14-15,18,20H,12-13,16-17,19H2,1H3/t20-/m1/s1. The first-order valence-electron chi connectivity index (χ1n) is 10.4. The van der Waals surface area contributed by atoms with Gasteiger partial charge in [-0.15, -0.1) is 0 Å². The van der Waals surface area contributed by atoms with E-state index in [0.717, 1.165) is 41.7 Å². The highest BCUT2D eigenvalue weighted by atomic mass is 16.5. The largest absolute Gasteiger partial charge is 0.493 e. The number of rotatable bonds is 7. The van der Waals surface area contributed by atoms with Crippen LogP contribution in [0.2, 0.25) is 0 Å². The molecule has 1 heterocycles. The summed E-state index contributed by atoms with van der Waals surface area (Å²) in [5.41, 5.74) is 4.34. The summed E-state index contributed by atoms with van der Waals surface area (Å²) in [5.74, 6) is 0.998. The van der Waals surface area contributed by atoms with Gasteiger partial charge in [-0.25, -0.2) is 0 Å². The Bertz CT molecular complexity index is 953. The minimum atomic E-state index is 0.0871. The van der Waals surface area contributed by atoms with Crippen molar-refractivity contribution in [3.05, 3.63) is 101 Å². The van der Waals surface area contributed by atoms with Crippen LogP contribution in [0, 0.1) is 0 Å². The molecule has 0 bridgehead atoms. The molecule has 0 saturated heterocycles. The molecule has 4 rings (SSSR count). The van der Waals surface area contributed by atoms with Gasteiger partial charge >= 0.3 is 0 Å². The lowest BCUT2D eigenvalue weighted by atomic mass is 10.0. The number of carbonyl (C=O) groups excluding carboxylic acids is 1. The molecule has 3 nitrogen and oxygen atoms in total. The fraction of sp³-hybridized carbons (Fsp3) is 0.269. The zero-order valence-corrected chi connectivity index (χ0v) is 16.9. The Morgan fingerprint density at radius 1 is 0.966 bits per heavy atom. The van der Waals surface area contributed by atoms with Crippen molar-refractivity contribution in [2.24, 2.45) is 0 Å². The monoisotopic (exact) mass is 385 g/mol. The fourth-order valence-electron chi connectivity index (χ4n) is 3.87. The molecule has 0 unspecified atom stereocenters. The van der Waals surface area contributed by atoms with Crippen molar-refractivity contribution < 1.29 is 9.53 Å². The molecule has 1 amide bonds. The van der Waals surface area contributed by atoms with Gasteiger partial charge in [-0.2, -0.15) is 0 Å². The SMILES string of the molecule is C[C@H](CCc1ccccc1)N(Cc1ccccc1)C(=O)c1ccc2c(c1)CCO2. The van der Waals surface area contributed by atoms with Crippen LogP contribution in [-0.4, -0.2) is 23.5 Å². The third kappa shape index (κ3) is 4.68. The van der Waals surface area contributed by atoms with Crippen molar-refractivity contribution in [3.63, 3.8) is 0 Å². The number of carbonyl (C=O) groups is 1. The van der Waals surface area contributed by atoms with Crippen molar-refractivity contribution >= 4 is 5.91 Å². The van der Waals surface area contributed by atoms with Crippen LogP contribution in [-0.2, 0) is 19.4 Å². The average Bonchev–Trinajstić information content (AvgIpc) is 3.25. The van der Waals surface area contributed by atoms with Gasteiger partial charge in [0.25, 0.3) is 5.91 Å². The Morgan fingerprint density at radius 3 is 2.38 bits per heavy atom. The Balaban J connectivity index is 1.54. The van der Waals surface area contributed by atoms with Crippen molar-refractivity contribution in [1.82, 2.24) is 4.90 Å². The number of hydrogen-bond donors (Lipinski definition) is 0. The average molecular weight is 386 g/mol. The minimum Gasteiger partial charge on any atom is -0.493 e. The maximum atomic E-state index is 13.5. The zero-order valence-electron chi connectivity index (χ0n) is 16.9. The smallest absolute Gasteiger partial charge is 0.254 e. The predicted molar refractivity (Wildman–Crippen MR) is 116 cm³/mol. The zero-order chi connectivity index (χ0) is 20.1. The lowest BCUT2D eigenvalue weighted by Crippen LogP contribution is -2.38. The van der Waals surface area contributed by atoms with Crippen LogP contribution in [0.3, 0.4) is 0 Å². The van der Waals surface area contributed by atoms with E-state index >= 15 is 0 Å². The first kappa shape index (κ1) is 19.3. The minimum absolute atomic E-state index is 0.0871. The molecule has 3 heteroatoms. The van der Waals surface area contributed by atoms with E-state index in [1.54, 1.807) is 0 Å². The molecule has 0 fully saturated rings. The fourth-order valence-corrected chi connectivity index (χ4v) is 3.87. The molecule has 0 N–H and O–H groups in total. The third-order valence-electron chi connectivity index (χ3n) is 5.62. The summed E-state index contributed by atoms with van der Waals surface area (Å²) in [6, 6.07) is 26.7. The van der Waals surface area contributed by atoms with Gasteiger partial charge in [0.2, 0.25) is 0 Å². The second-order valence-electron chi connectivity index (χ2n) is 7.71. The molecule has 1 aliphatic heterocycles. The van der Waals surface area contributed by atoms with Crippen LogP contribution < -0.4 is 4.74 Å². The maximum absolute atomic E-state index is 13.5. The molecule has 0 spiro atoms. The Labute approximate surface area is 172 Å². The van der Waals surface area contributed by atoms with E-state index in [4.69, 9.17) is 4.74 Å². The summed E-state index contributed by atoms with van der Waals surface area (Å²) in [7, 11) is 0. The molecule has 3 aromatic carbocycles. The Hall–Kier alpha value is -3.07. The van der Waals surface area contributed by atoms with Gasteiger partial charge in [0, 0.05) is 24.6 Å². The molecule has 29 heavy (non-hydrogen) atoms. The summed E-state index contributed by atoms with van der Waals surface area (Å²) in [6.45, 7) is 3.47. The van der Waals surface area contributed by atoms with Crippen molar-refractivity contribution in [2.75, 3.05) is 6.61 Å². The Morgan fingerprint density at radius 2 is 1.66 bits per heavy atom. The molecule has 0 aliphatic carbocycles.